The number of ether oxygens (including phenoxy) is 2. The third-order valence-electron chi connectivity index (χ3n) is 4.20. The van der Waals surface area contributed by atoms with Crippen molar-refractivity contribution in [1.29, 1.82) is 0 Å². The van der Waals surface area contributed by atoms with E-state index in [9.17, 15) is 4.79 Å². The number of nitrogens with zero attached hydrogens (tertiary/aromatic N) is 1. The number of carbonyl (C=O) groups is 1. The summed E-state index contributed by atoms with van der Waals surface area (Å²) in [6.07, 6.45) is 3.40. The predicted octanol–water partition coefficient (Wildman–Crippen LogP) is 1.55. The van der Waals surface area contributed by atoms with E-state index in [0.29, 0.717) is 26.1 Å². The lowest BCUT2D eigenvalue weighted by Gasteiger charge is -2.37. The molecule has 20 heavy (non-hydrogen) atoms. The van der Waals surface area contributed by atoms with E-state index in [1.807, 2.05) is 25.7 Å². The van der Waals surface area contributed by atoms with Crippen LogP contribution in [-0.4, -0.2) is 55.4 Å². The Balaban J connectivity index is 2.33. The minimum atomic E-state index is -0.692. The maximum Gasteiger partial charge on any atom is 0.242 e. The van der Waals surface area contributed by atoms with E-state index in [4.69, 9.17) is 15.2 Å². The van der Waals surface area contributed by atoms with Crippen molar-refractivity contribution < 1.29 is 14.3 Å². The van der Waals surface area contributed by atoms with Crippen molar-refractivity contribution in [3.8, 4) is 0 Å². The number of piperidine rings is 1. The van der Waals surface area contributed by atoms with E-state index >= 15 is 0 Å². The van der Waals surface area contributed by atoms with E-state index in [2.05, 4.69) is 0 Å². The molecule has 5 nitrogen and oxygen atoms in total. The van der Waals surface area contributed by atoms with Crippen LogP contribution in [0.1, 0.15) is 46.5 Å². The van der Waals surface area contributed by atoms with Gasteiger partial charge in [-0.25, -0.2) is 0 Å². The highest BCUT2D eigenvalue weighted by Gasteiger charge is 2.35. The summed E-state index contributed by atoms with van der Waals surface area (Å²) in [6, 6.07) is 0. The molecule has 118 valence electrons. The predicted molar refractivity (Wildman–Crippen MR) is 79.5 cm³/mol. The zero-order valence-electron chi connectivity index (χ0n) is 13.2. The standard InChI is InChI=1S/C15H30N2O3/c1-4-15(16,5-2)14(18)17-9-7-13(8-10-17)20-12-11-19-6-3/h13H,4-12,16H2,1-3H3. The van der Waals surface area contributed by atoms with Gasteiger partial charge in [-0.1, -0.05) is 13.8 Å². The molecule has 0 atom stereocenters. The van der Waals surface area contributed by atoms with Crippen LogP contribution in [-0.2, 0) is 14.3 Å². The second-order valence-corrected chi connectivity index (χ2v) is 5.42. The molecule has 0 radical (unpaired) electrons. The van der Waals surface area contributed by atoms with Gasteiger partial charge in [0.15, 0.2) is 0 Å². The minimum absolute atomic E-state index is 0.0928. The van der Waals surface area contributed by atoms with Crippen LogP contribution in [0.5, 0.6) is 0 Å². The summed E-state index contributed by atoms with van der Waals surface area (Å²) in [5.74, 6) is 0.0928. The normalized spacial score (nSPS) is 17.5. The van der Waals surface area contributed by atoms with E-state index < -0.39 is 5.54 Å². The number of likely N-dealkylation sites (tertiary alicyclic amines) is 1. The molecular formula is C15H30N2O3. The third kappa shape index (κ3) is 4.72. The Morgan fingerprint density at radius 2 is 1.80 bits per heavy atom. The number of hydrogen-bond acceptors (Lipinski definition) is 4. The molecule has 1 heterocycles. The monoisotopic (exact) mass is 286 g/mol. The first-order valence-corrected chi connectivity index (χ1v) is 7.85. The van der Waals surface area contributed by atoms with Gasteiger partial charge < -0.3 is 20.1 Å². The fourth-order valence-corrected chi connectivity index (χ4v) is 2.51. The number of amides is 1. The fraction of sp³-hybridized carbons (Fsp3) is 0.933. The zero-order chi connectivity index (χ0) is 15.0. The lowest BCUT2D eigenvalue weighted by molar-refractivity contribution is -0.140. The topological polar surface area (TPSA) is 64.8 Å². The minimum Gasteiger partial charge on any atom is -0.379 e. The van der Waals surface area contributed by atoms with Crippen LogP contribution in [0.25, 0.3) is 0 Å². The van der Waals surface area contributed by atoms with Crippen molar-refractivity contribution in [3.05, 3.63) is 0 Å². The molecule has 1 rings (SSSR count). The summed E-state index contributed by atoms with van der Waals surface area (Å²) in [6.45, 7) is 9.43. The fourth-order valence-electron chi connectivity index (χ4n) is 2.51. The summed E-state index contributed by atoms with van der Waals surface area (Å²) in [4.78, 5) is 14.3. The van der Waals surface area contributed by atoms with E-state index in [0.717, 1.165) is 32.5 Å². The van der Waals surface area contributed by atoms with Crippen molar-refractivity contribution >= 4 is 5.91 Å². The average Bonchev–Trinajstić information content (AvgIpc) is 2.50. The third-order valence-corrected chi connectivity index (χ3v) is 4.20. The number of hydrogen-bond donors (Lipinski definition) is 1. The highest BCUT2D eigenvalue weighted by molar-refractivity contribution is 5.86. The van der Waals surface area contributed by atoms with Crippen molar-refractivity contribution in [2.24, 2.45) is 5.73 Å². The van der Waals surface area contributed by atoms with Crippen LogP contribution in [0.15, 0.2) is 0 Å². The molecule has 0 aliphatic carbocycles. The van der Waals surface area contributed by atoms with Gasteiger partial charge in [0.05, 0.1) is 24.9 Å². The first-order chi connectivity index (χ1) is 9.57. The molecule has 0 saturated carbocycles. The number of rotatable bonds is 8. The Bertz CT molecular complexity index is 285. The highest BCUT2D eigenvalue weighted by atomic mass is 16.5. The largest absolute Gasteiger partial charge is 0.379 e. The lowest BCUT2D eigenvalue weighted by Crippen LogP contribution is -2.56. The summed E-state index contributed by atoms with van der Waals surface area (Å²) >= 11 is 0. The first-order valence-electron chi connectivity index (χ1n) is 7.85. The number of carbonyl (C=O) groups excluding carboxylic acids is 1. The van der Waals surface area contributed by atoms with Gasteiger partial charge in [-0.3, -0.25) is 4.79 Å². The number of nitrogens with two attached hydrogens (primary N) is 1. The molecule has 0 bridgehead atoms. The average molecular weight is 286 g/mol. The maximum atomic E-state index is 12.4. The van der Waals surface area contributed by atoms with Gasteiger partial charge in [0.2, 0.25) is 5.91 Å². The van der Waals surface area contributed by atoms with Gasteiger partial charge in [-0.2, -0.15) is 0 Å². The smallest absolute Gasteiger partial charge is 0.242 e. The van der Waals surface area contributed by atoms with Crippen LogP contribution in [0.2, 0.25) is 0 Å². The SMILES string of the molecule is CCOCCOC1CCN(C(=O)C(N)(CC)CC)CC1. The van der Waals surface area contributed by atoms with Gasteiger partial charge in [0.1, 0.15) is 0 Å². The Morgan fingerprint density at radius 3 is 2.30 bits per heavy atom. The summed E-state index contributed by atoms with van der Waals surface area (Å²) in [7, 11) is 0. The van der Waals surface area contributed by atoms with E-state index in [1.54, 1.807) is 0 Å². The first kappa shape index (κ1) is 17.4. The van der Waals surface area contributed by atoms with Crippen molar-refractivity contribution in [1.82, 2.24) is 4.90 Å². The Labute approximate surface area is 122 Å². The van der Waals surface area contributed by atoms with Crippen molar-refractivity contribution in [3.63, 3.8) is 0 Å². The second kappa shape index (κ2) is 8.60. The Hall–Kier alpha value is -0.650. The van der Waals surface area contributed by atoms with E-state index in [1.165, 1.54) is 0 Å². The molecular weight excluding hydrogens is 256 g/mol. The lowest BCUT2D eigenvalue weighted by atomic mass is 9.91. The molecule has 0 spiro atoms. The maximum absolute atomic E-state index is 12.4. The van der Waals surface area contributed by atoms with Crippen molar-refractivity contribution in [2.45, 2.75) is 58.1 Å². The molecule has 0 aromatic heterocycles. The van der Waals surface area contributed by atoms with Crippen LogP contribution >= 0.6 is 0 Å². The van der Waals surface area contributed by atoms with Crippen LogP contribution < -0.4 is 5.73 Å². The molecule has 0 aromatic rings. The van der Waals surface area contributed by atoms with Gasteiger partial charge in [-0.05, 0) is 32.6 Å². The molecule has 1 saturated heterocycles. The second-order valence-electron chi connectivity index (χ2n) is 5.42. The molecule has 5 heteroatoms. The summed E-state index contributed by atoms with van der Waals surface area (Å²) < 4.78 is 11.0. The van der Waals surface area contributed by atoms with Gasteiger partial charge in [-0.15, -0.1) is 0 Å². The van der Waals surface area contributed by atoms with Gasteiger partial charge in [0.25, 0.3) is 0 Å². The van der Waals surface area contributed by atoms with Gasteiger partial charge >= 0.3 is 0 Å². The molecule has 2 N–H and O–H groups in total. The molecule has 0 aromatic carbocycles. The Morgan fingerprint density at radius 1 is 1.20 bits per heavy atom. The van der Waals surface area contributed by atoms with Crippen LogP contribution in [0, 0.1) is 0 Å². The van der Waals surface area contributed by atoms with Crippen molar-refractivity contribution in [2.75, 3.05) is 32.9 Å². The van der Waals surface area contributed by atoms with Crippen LogP contribution in [0.3, 0.4) is 0 Å². The zero-order valence-corrected chi connectivity index (χ0v) is 13.2. The molecule has 1 fully saturated rings. The molecule has 1 amide bonds. The molecule has 0 unspecified atom stereocenters. The van der Waals surface area contributed by atoms with Crippen LogP contribution in [0.4, 0.5) is 0 Å². The summed E-state index contributed by atoms with van der Waals surface area (Å²) in [5.41, 5.74) is 5.49. The van der Waals surface area contributed by atoms with E-state index in [-0.39, 0.29) is 12.0 Å². The highest BCUT2D eigenvalue weighted by Crippen LogP contribution is 2.20. The summed E-state index contributed by atoms with van der Waals surface area (Å²) in [5, 5.41) is 0. The Kier molecular flexibility index (Phi) is 7.48. The molecule has 1 aliphatic rings. The van der Waals surface area contributed by atoms with Gasteiger partial charge in [0, 0.05) is 19.7 Å². The quantitative estimate of drug-likeness (QED) is 0.688. The molecule has 1 aliphatic heterocycles.